The Hall–Kier alpha value is -0.220. The summed E-state index contributed by atoms with van der Waals surface area (Å²) in [4.78, 5) is 4.39. The summed E-state index contributed by atoms with van der Waals surface area (Å²) in [5.74, 6) is 2.53. The van der Waals surface area contributed by atoms with E-state index in [1.807, 2.05) is 24.8 Å². The van der Waals surface area contributed by atoms with E-state index in [1.165, 1.54) is 30.0 Å². The SMILES string of the molecule is Cc1nc(Br)ccc1NC1CCCSC1. The van der Waals surface area contributed by atoms with Crippen molar-refractivity contribution in [3.05, 3.63) is 22.4 Å². The van der Waals surface area contributed by atoms with Gasteiger partial charge >= 0.3 is 0 Å². The van der Waals surface area contributed by atoms with Gasteiger partial charge in [-0.15, -0.1) is 0 Å². The lowest BCUT2D eigenvalue weighted by Gasteiger charge is -2.24. The van der Waals surface area contributed by atoms with Gasteiger partial charge in [-0.25, -0.2) is 4.98 Å². The first kappa shape index (κ1) is 11.3. The van der Waals surface area contributed by atoms with Gasteiger partial charge in [-0.05, 0) is 53.6 Å². The van der Waals surface area contributed by atoms with Crippen molar-refractivity contribution in [3.8, 4) is 0 Å². The number of pyridine rings is 1. The van der Waals surface area contributed by atoms with Crippen LogP contribution in [0.15, 0.2) is 16.7 Å². The van der Waals surface area contributed by atoms with E-state index in [9.17, 15) is 0 Å². The van der Waals surface area contributed by atoms with Crippen molar-refractivity contribution >= 4 is 33.4 Å². The molecule has 2 rings (SSSR count). The number of halogens is 1. The van der Waals surface area contributed by atoms with Gasteiger partial charge in [-0.1, -0.05) is 0 Å². The predicted molar refractivity (Wildman–Crippen MR) is 70.6 cm³/mol. The number of hydrogen-bond donors (Lipinski definition) is 1. The first-order chi connectivity index (χ1) is 7.25. The normalized spacial score (nSPS) is 21.3. The molecule has 82 valence electrons. The third kappa shape index (κ3) is 3.11. The van der Waals surface area contributed by atoms with Crippen LogP contribution in [0, 0.1) is 6.92 Å². The monoisotopic (exact) mass is 286 g/mol. The van der Waals surface area contributed by atoms with Gasteiger partial charge in [-0.3, -0.25) is 0 Å². The molecule has 1 unspecified atom stereocenters. The largest absolute Gasteiger partial charge is 0.380 e. The molecule has 0 aromatic carbocycles. The Kier molecular flexibility index (Phi) is 3.92. The molecule has 1 atom stereocenters. The second-order valence-corrected chi connectivity index (χ2v) is 5.79. The van der Waals surface area contributed by atoms with E-state index in [2.05, 4.69) is 32.3 Å². The van der Waals surface area contributed by atoms with E-state index in [1.54, 1.807) is 0 Å². The van der Waals surface area contributed by atoms with Crippen LogP contribution in [0.3, 0.4) is 0 Å². The van der Waals surface area contributed by atoms with Gasteiger partial charge in [-0.2, -0.15) is 11.8 Å². The highest BCUT2D eigenvalue weighted by molar-refractivity contribution is 9.10. The number of anilines is 1. The number of aromatic nitrogens is 1. The highest BCUT2D eigenvalue weighted by Gasteiger charge is 2.14. The molecular weight excluding hydrogens is 272 g/mol. The highest BCUT2D eigenvalue weighted by atomic mass is 79.9. The lowest BCUT2D eigenvalue weighted by Crippen LogP contribution is -2.26. The van der Waals surface area contributed by atoms with Crippen LogP contribution in [-0.4, -0.2) is 22.5 Å². The van der Waals surface area contributed by atoms with Gasteiger partial charge in [0.25, 0.3) is 0 Å². The van der Waals surface area contributed by atoms with E-state index in [0.717, 1.165) is 10.3 Å². The second kappa shape index (κ2) is 5.21. The van der Waals surface area contributed by atoms with Crippen molar-refractivity contribution < 1.29 is 0 Å². The Morgan fingerprint density at radius 2 is 2.40 bits per heavy atom. The molecule has 0 aliphatic carbocycles. The van der Waals surface area contributed by atoms with E-state index in [-0.39, 0.29) is 0 Å². The third-order valence-corrected chi connectivity index (χ3v) is 4.23. The maximum atomic E-state index is 4.39. The number of nitrogens with one attached hydrogen (secondary N) is 1. The summed E-state index contributed by atoms with van der Waals surface area (Å²) in [7, 11) is 0. The molecule has 1 aliphatic heterocycles. The molecule has 1 fully saturated rings. The molecule has 0 spiro atoms. The number of thioether (sulfide) groups is 1. The summed E-state index contributed by atoms with van der Waals surface area (Å²) in [6.45, 7) is 2.04. The van der Waals surface area contributed by atoms with Crippen LogP contribution in [0.4, 0.5) is 5.69 Å². The summed E-state index contributed by atoms with van der Waals surface area (Å²) in [6.07, 6.45) is 2.61. The minimum Gasteiger partial charge on any atom is -0.380 e. The molecule has 4 heteroatoms. The molecule has 2 nitrogen and oxygen atoms in total. The Labute approximate surface area is 103 Å². The molecule has 0 bridgehead atoms. The van der Waals surface area contributed by atoms with Crippen LogP contribution in [0.5, 0.6) is 0 Å². The molecule has 15 heavy (non-hydrogen) atoms. The zero-order chi connectivity index (χ0) is 10.7. The van der Waals surface area contributed by atoms with Gasteiger partial charge in [0, 0.05) is 11.8 Å². The Balaban J connectivity index is 2.03. The zero-order valence-electron chi connectivity index (χ0n) is 8.79. The fourth-order valence-corrected chi connectivity index (χ4v) is 3.23. The Bertz CT molecular complexity index is 337. The van der Waals surface area contributed by atoms with E-state index < -0.39 is 0 Å². The molecule has 2 heterocycles. The standard InChI is InChI=1S/C11H15BrN2S/c1-8-10(4-5-11(12)13-8)14-9-3-2-6-15-7-9/h4-5,9,14H,2-3,6-7H2,1H3. The molecule has 0 saturated carbocycles. The van der Waals surface area contributed by atoms with Crippen molar-refractivity contribution in [2.24, 2.45) is 0 Å². The van der Waals surface area contributed by atoms with Crippen LogP contribution in [-0.2, 0) is 0 Å². The minimum atomic E-state index is 0.616. The molecule has 0 amide bonds. The van der Waals surface area contributed by atoms with Gasteiger partial charge in [0.2, 0.25) is 0 Å². The van der Waals surface area contributed by atoms with Gasteiger partial charge < -0.3 is 5.32 Å². The van der Waals surface area contributed by atoms with Crippen molar-refractivity contribution in [1.29, 1.82) is 0 Å². The maximum Gasteiger partial charge on any atom is 0.106 e. The number of nitrogens with zero attached hydrogens (tertiary/aromatic N) is 1. The van der Waals surface area contributed by atoms with Crippen molar-refractivity contribution in [3.63, 3.8) is 0 Å². The van der Waals surface area contributed by atoms with Gasteiger partial charge in [0.1, 0.15) is 4.60 Å². The quantitative estimate of drug-likeness (QED) is 0.843. The molecule has 1 aliphatic rings. The summed E-state index contributed by atoms with van der Waals surface area (Å²) in [5, 5.41) is 3.57. The van der Waals surface area contributed by atoms with Gasteiger partial charge in [0.15, 0.2) is 0 Å². The third-order valence-electron chi connectivity index (χ3n) is 2.57. The number of hydrogen-bond acceptors (Lipinski definition) is 3. The first-order valence-corrected chi connectivity index (χ1v) is 7.18. The number of rotatable bonds is 2. The first-order valence-electron chi connectivity index (χ1n) is 5.23. The molecule has 1 aromatic heterocycles. The van der Waals surface area contributed by atoms with Crippen LogP contribution in [0.25, 0.3) is 0 Å². The van der Waals surface area contributed by atoms with E-state index in [0.29, 0.717) is 6.04 Å². The van der Waals surface area contributed by atoms with Crippen LogP contribution < -0.4 is 5.32 Å². The lowest BCUT2D eigenvalue weighted by atomic mass is 10.1. The van der Waals surface area contributed by atoms with E-state index in [4.69, 9.17) is 0 Å². The van der Waals surface area contributed by atoms with Crippen LogP contribution in [0.2, 0.25) is 0 Å². The smallest absolute Gasteiger partial charge is 0.106 e. The van der Waals surface area contributed by atoms with Crippen molar-refractivity contribution in [2.75, 3.05) is 16.8 Å². The minimum absolute atomic E-state index is 0.616. The Morgan fingerprint density at radius 3 is 3.07 bits per heavy atom. The fraction of sp³-hybridized carbons (Fsp3) is 0.545. The average Bonchev–Trinajstić information content (AvgIpc) is 2.24. The summed E-state index contributed by atoms with van der Waals surface area (Å²) < 4.78 is 0.906. The predicted octanol–water partition coefficient (Wildman–Crippen LogP) is 3.46. The highest BCUT2D eigenvalue weighted by Crippen LogP contribution is 2.23. The summed E-state index contributed by atoms with van der Waals surface area (Å²) >= 11 is 5.42. The average molecular weight is 287 g/mol. The van der Waals surface area contributed by atoms with Gasteiger partial charge in [0.05, 0.1) is 11.4 Å². The van der Waals surface area contributed by atoms with Crippen molar-refractivity contribution in [2.45, 2.75) is 25.8 Å². The molecule has 1 saturated heterocycles. The fourth-order valence-electron chi connectivity index (χ4n) is 1.76. The second-order valence-electron chi connectivity index (χ2n) is 3.83. The Morgan fingerprint density at radius 1 is 1.53 bits per heavy atom. The lowest BCUT2D eigenvalue weighted by molar-refractivity contribution is 0.684. The zero-order valence-corrected chi connectivity index (χ0v) is 11.2. The number of aryl methyl sites for hydroxylation is 1. The summed E-state index contributed by atoms with van der Waals surface area (Å²) in [5.41, 5.74) is 2.24. The van der Waals surface area contributed by atoms with Crippen LogP contribution >= 0.6 is 27.7 Å². The van der Waals surface area contributed by atoms with E-state index >= 15 is 0 Å². The molecule has 1 N–H and O–H groups in total. The summed E-state index contributed by atoms with van der Waals surface area (Å²) in [6, 6.07) is 4.71. The van der Waals surface area contributed by atoms with Crippen LogP contribution in [0.1, 0.15) is 18.5 Å². The molecule has 0 radical (unpaired) electrons. The molecule has 1 aromatic rings. The topological polar surface area (TPSA) is 24.9 Å². The van der Waals surface area contributed by atoms with Crippen molar-refractivity contribution in [1.82, 2.24) is 4.98 Å². The molecular formula is C11H15BrN2S. The maximum absolute atomic E-state index is 4.39.